The number of carboxylic acids is 1. The Morgan fingerprint density at radius 3 is 2.60 bits per heavy atom. The lowest BCUT2D eigenvalue weighted by Crippen LogP contribution is -2.30. The van der Waals surface area contributed by atoms with Gasteiger partial charge in [0.2, 0.25) is 10.0 Å². The Morgan fingerprint density at radius 2 is 2.10 bits per heavy atom. The van der Waals surface area contributed by atoms with E-state index in [1.54, 1.807) is 13.0 Å². The van der Waals surface area contributed by atoms with E-state index < -0.39 is 16.0 Å². The van der Waals surface area contributed by atoms with E-state index in [-0.39, 0.29) is 23.8 Å². The van der Waals surface area contributed by atoms with Crippen LogP contribution in [0.15, 0.2) is 23.1 Å². The summed E-state index contributed by atoms with van der Waals surface area (Å²) in [6, 6.07) is 4.53. The van der Waals surface area contributed by atoms with Gasteiger partial charge in [-0.25, -0.2) is 13.1 Å². The van der Waals surface area contributed by atoms with Crippen LogP contribution in [0.2, 0.25) is 5.02 Å². The zero-order chi connectivity index (χ0) is 15.3. The quantitative estimate of drug-likeness (QED) is 0.808. The molecular weight excluding hydrogens is 302 g/mol. The van der Waals surface area contributed by atoms with E-state index in [1.165, 1.54) is 12.1 Å². The normalized spacial score (nSPS) is 13.2. The molecule has 0 spiro atoms. The van der Waals surface area contributed by atoms with Crippen molar-refractivity contribution in [2.45, 2.75) is 31.6 Å². The van der Waals surface area contributed by atoms with Crippen LogP contribution in [0, 0.1) is 12.8 Å². The van der Waals surface area contributed by atoms with E-state index in [0.717, 1.165) is 0 Å². The smallest absolute Gasteiger partial charge is 0.303 e. The van der Waals surface area contributed by atoms with Gasteiger partial charge in [0, 0.05) is 18.0 Å². The minimum atomic E-state index is -3.65. The number of sulfonamides is 1. The molecule has 1 aromatic rings. The second kappa shape index (κ2) is 7.06. The number of hydrogen-bond acceptors (Lipinski definition) is 3. The number of halogens is 1. The topological polar surface area (TPSA) is 83.5 Å². The molecule has 0 amide bonds. The maximum absolute atomic E-state index is 12.2. The largest absolute Gasteiger partial charge is 0.481 e. The molecule has 1 unspecified atom stereocenters. The molecule has 0 saturated carbocycles. The molecule has 0 aliphatic carbocycles. The summed E-state index contributed by atoms with van der Waals surface area (Å²) in [6.45, 7) is 3.59. The van der Waals surface area contributed by atoms with Gasteiger partial charge in [-0.1, -0.05) is 24.9 Å². The Balaban J connectivity index is 2.82. The van der Waals surface area contributed by atoms with Gasteiger partial charge in [-0.3, -0.25) is 4.79 Å². The molecule has 0 radical (unpaired) electrons. The predicted molar refractivity (Wildman–Crippen MR) is 77.4 cm³/mol. The summed E-state index contributed by atoms with van der Waals surface area (Å²) in [5.74, 6) is -1.16. The van der Waals surface area contributed by atoms with Gasteiger partial charge in [-0.05, 0) is 36.6 Å². The zero-order valence-corrected chi connectivity index (χ0v) is 13.0. The SMILES string of the molecule is CCC(CNS(=O)(=O)c1ccc(Cl)cc1C)CC(=O)O. The molecular formula is C13H18ClNO4S. The van der Waals surface area contributed by atoms with E-state index in [2.05, 4.69) is 4.72 Å². The lowest BCUT2D eigenvalue weighted by molar-refractivity contribution is -0.138. The van der Waals surface area contributed by atoms with Crippen LogP contribution in [0.25, 0.3) is 0 Å². The Morgan fingerprint density at radius 1 is 1.45 bits per heavy atom. The van der Waals surface area contributed by atoms with Gasteiger partial charge in [0.25, 0.3) is 0 Å². The fourth-order valence-corrected chi connectivity index (χ4v) is 3.39. The highest BCUT2D eigenvalue weighted by Crippen LogP contribution is 2.20. The first-order chi connectivity index (χ1) is 9.26. The number of carboxylic acid groups (broad SMARTS) is 1. The van der Waals surface area contributed by atoms with Crippen LogP contribution in [0.1, 0.15) is 25.3 Å². The molecule has 1 aromatic carbocycles. The van der Waals surface area contributed by atoms with Gasteiger partial charge < -0.3 is 5.11 Å². The molecule has 5 nitrogen and oxygen atoms in total. The standard InChI is InChI=1S/C13H18ClNO4S/c1-3-10(7-13(16)17)8-15-20(18,19)12-5-4-11(14)6-9(12)2/h4-6,10,15H,3,7-8H2,1-2H3,(H,16,17). The summed E-state index contributed by atoms with van der Waals surface area (Å²) in [4.78, 5) is 10.8. The molecule has 0 aliphatic heterocycles. The van der Waals surface area contributed by atoms with E-state index in [0.29, 0.717) is 17.0 Å². The Bertz CT molecular complexity index is 586. The van der Waals surface area contributed by atoms with Gasteiger partial charge in [-0.15, -0.1) is 0 Å². The van der Waals surface area contributed by atoms with Crippen molar-refractivity contribution >= 4 is 27.6 Å². The number of aryl methyl sites for hydroxylation is 1. The van der Waals surface area contributed by atoms with Crippen LogP contribution < -0.4 is 4.72 Å². The zero-order valence-electron chi connectivity index (χ0n) is 11.4. The molecule has 1 rings (SSSR count). The van der Waals surface area contributed by atoms with Crippen LogP contribution in [0.5, 0.6) is 0 Å². The third-order valence-electron chi connectivity index (χ3n) is 3.03. The third-order valence-corrected chi connectivity index (χ3v) is 4.85. The molecule has 0 heterocycles. The average Bonchev–Trinajstić information content (AvgIpc) is 2.33. The summed E-state index contributed by atoms with van der Waals surface area (Å²) >= 11 is 5.79. The number of benzene rings is 1. The summed E-state index contributed by atoms with van der Waals surface area (Å²) in [7, 11) is -3.65. The lowest BCUT2D eigenvalue weighted by Gasteiger charge is -2.14. The van der Waals surface area contributed by atoms with Crippen molar-refractivity contribution in [1.82, 2.24) is 4.72 Å². The molecule has 1 atom stereocenters. The van der Waals surface area contributed by atoms with Crippen molar-refractivity contribution in [2.75, 3.05) is 6.54 Å². The minimum Gasteiger partial charge on any atom is -0.481 e. The maximum Gasteiger partial charge on any atom is 0.303 e. The van der Waals surface area contributed by atoms with Gasteiger partial charge in [0.15, 0.2) is 0 Å². The van der Waals surface area contributed by atoms with Crippen LogP contribution in [0.3, 0.4) is 0 Å². The first-order valence-electron chi connectivity index (χ1n) is 6.24. The van der Waals surface area contributed by atoms with Crippen molar-refractivity contribution in [3.05, 3.63) is 28.8 Å². The molecule has 0 aromatic heterocycles. The Labute approximate surface area is 124 Å². The first kappa shape index (κ1) is 16.9. The van der Waals surface area contributed by atoms with Crippen LogP contribution in [-0.4, -0.2) is 26.0 Å². The molecule has 20 heavy (non-hydrogen) atoms. The van der Waals surface area contributed by atoms with Crippen molar-refractivity contribution < 1.29 is 18.3 Å². The summed E-state index contributed by atoms with van der Waals surface area (Å²) in [5, 5.41) is 9.22. The minimum absolute atomic E-state index is 0.0569. The molecule has 2 N–H and O–H groups in total. The molecule has 0 fully saturated rings. The van der Waals surface area contributed by atoms with Crippen LogP contribution >= 0.6 is 11.6 Å². The fraction of sp³-hybridized carbons (Fsp3) is 0.462. The molecule has 7 heteroatoms. The highest BCUT2D eigenvalue weighted by atomic mass is 35.5. The molecule has 112 valence electrons. The number of hydrogen-bond donors (Lipinski definition) is 2. The average molecular weight is 320 g/mol. The van der Waals surface area contributed by atoms with E-state index in [4.69, 9.17) is 16.7 Å². The predicted octanol–water partition coefficient (Wildman–Crippen LogP) is 2.43. The molecule has 0 saturated heterocycles. The Kier molecular flexibility index (Phi) is 5.98. The molecule has 0 bridgehead atoms. The second-order valence-corrected chi connectivity index (χ2v) is 6.81. The highest BCUT2D eigenvalue weighted by molar-refractivity contribution is 7.89. The maximum atomic E-state index is 12.2. The summed E-state index contributed by atoms with van der Waals surface area (Å²) in [6.07, 6.45) is 0.535. The monoisotopic (exact) mass is 319 g/mol. The van der Waals surface area contributed by atoms with Crippen molar-refractivity contribution in [1.29, 1.82) is 0 Å². The number of nitrogens with one attached hydrogen (secondary N) is 1. The molecule has 0 aliphatic rings. The third kappa shape index (κ3) is 4.77. The lowest BCUT2D eigenvalue weighted by atomic mass is 10.0. The summed E-state index contributed by atoms with van der Waals surface area (Å²) < 4.78 is 26.8. The summed E-state index contributed by atoms with van der Waals surface area (Å²) in [5.41, 5.74) is 0.552. The van der Waals surface area contributed by atoms with Crippen molar-refractivity contribution in [2.24, 2.45) is 5.92 Å². The van der Waals surface area contributed by atoms with Gasteiger partial charge >= 0.3 is 5.97 Å². The second-order valence-electron chi connectivity index (χ2n) is 4.63. The van der Waals surface area contributed by atoms with Crippen molar-refractivity contribution in [3.8, 4) is 0 Å². The van der Waals surface area contributed by atoms with Gasteiger partial charge in [-0.2, -0.15) is 0 Å². The Hall–Kier alpha value is -1.11. The van der Waals surface area contributed by atoms with E-state index >= 15 is 0 Å². The van der Waals surface area contributed by atoms with Gasteiger partial charge in [0.1, 0.15) is 0 Å². The van der Waals surface area contributed by atoms with Crippen LogP contribution in [0.4, 0.5) is 0 Å². The first-order valence-corrected chi connectivity index (χ1v) is 8.10. The van der Waals surface area contributed by atoms with E-state index in [9.17, 15) is 13.2 Å². The van der Waals surface area contributed by atoms with Crippen LogP contribution in [-0.2, 0) is 14.8 Å². The van der Waals surface area contributed by atoms with Gasteiger partial charge in [0.05, 0.1) is 4.90 Å². The van der Waals surface area contributed by atoms with Crippen molar-refractivity contribution in [3.63, 3.8) is 0 Å². The highest BCUT2D eigenvalue weighted by Gasteiger charge is 2.19. The number of carbonyl (C=O) groups is 1. The van der Waals surface area contributed by atoms with E-state index in [1.807, 2.05) is 6.92 Å². The fourth-order valence-electron chi connectivity index (χ4n) is 1.83. The number of rotatable bonds is 7. The number of aliphatic carboxylic acids is 1.